The average Bonchev–Trinajstić information content (AvgIpc) is 2.18. The van der Waals surface area contributed by atoms with E-state index < -0.39 is 5.60 Å². The maximum Gasteiger partial charge on any atom is 0.303 e. The summed E-state index contributed by atoms with van der Waals surface area (Å²) >= 11 is 0. The molecule has 128 valence electrons. The van der Waals surface area contributed by atoms with Gasteiger partial charge in [0.05, 0.1) is 0 Å². The summed E-state index contributed by atoms with van der Waals surface area (Å²) in [4.78, 5) is 24.9. The minimum atomic E-state index is -0.691. The van der Waals surface area contributed by atoms with Gasteiger partial charge in [0.1, 0.15) is 5.60 Å². The van der Waals surface area contributed by atoms with E-state index in [0.29, 0.717) is 6.42 Å². The van der Waals surface area contributed by atoms with Crippen LogP contribution in [0.5, 0.6) is 0 Å². The molecule has 1 fully saturated rings. The smallest absolute Gasteiger partial charge is 0.303 e. The SMILES string of the molecule is CC(=O)O[C@@]12CC(C)(C)C[C@@](C)(CC3=C1C(=O)CC(C)(C)C3)C2. The van der Waals surface area contributed by atoms with Gasteiger partial charge in [-0.3, -0.25) is 9.59 Å². The van der Waals surface area contributed by atoms with Crippen LogP contribution < -0.4 is 0 Å². The summed E-state index contributed by atoms with van der Waals surface area (Å²) in [5, 5.41) is 0. The Hall–Kier alpha value is -1.12. The van der Waals surface area contributed by atoms with Crippen LogP contribution in [0, 0.1) is 16.2 Å². The highest BCUT2D eigenvalue weighted by molar-refractivity contribution is 6.00. The fraction of sp³-hybridized carbons (Fsp3) is 0.800. The fourth-order valence-corrected chi connectivity index (χ4v) is 6.20. The Kier molecular flexibility index (Phi) is 3.42. The molecule has 0 radical (unpaired) electrons. The molecule has 0 saturated heterocycles. The second-order valence-corrected chi connectivity index (χ2v) is 10.2. The molecule has 3 aliphatic rings. The molecule has 0 aromatic rings. The van der Waals surface area contributed by atoms with Gasteiger partial charge in [0, 0.05) is 18.9 Å². The zero-order valence-corrected chi connectivity index (χ0v) is 15.5. The zero-order valence-electron chi connectivity index (χ0n) is 15.5. The molecular weight excluding hydrogens is 288 g/mol. The minimum absolute atomic E-state index is 0.0187. The lowest BCUT2D eigenvalue weighted by molar-refractivity contribution is -0.170. The van der Waals surface area contributed by atoms with Crippen LogP contribution in [0.15, 0.2) is 11.1 Å². The molecule has 0 aromatic carbocycles. The third kappa shape index (κ3) is 2.88. The molecule has 3 rings (SSSR count). The predicted octanol–water partition coefficient (Wildman–Crippen LogP) is 4.59. The first-order valence-corrected chi connectivity index (χ1v) is 8.81. The van der Waals surface area contributed by atoms with E-state index in [9.17, 15) is 9.59 Å². The molecule has 0 heterocycles. The Morgan fingerprint density at radius 3 is 2.17 bits per heavy atom. The Bertz CT molecular complexity index is 610. The number of carbonyl (C=O) groups is 2. The second-order valence-electron chi connectivity index (χ2n) is 10.2. The van der Waals surface area contributed by atoms with Gasteiger partial charge in [-0.05, 0) is 48.3 Å². The molecule has 0 unspecified atom stereocenters. The van der Waals surface area contributed by atoms with Crippen molar-refractivity contribution in [3.8, 4) is 0 Å². The van der Waals surface area contributed by atoms with E-state index in [0.717, 1.165) is 37.7 Å². The molecule has 0 amide bonds. The lowest BCUT2D eigenvalue weighted by Crippen LogP contribution is -2.56. The van der Waals surface area contributed by atoms with Crippen LogP contribution in [0.25, 0.3) is 0 Å². The lowest BCUT2D eigenvalue weighted by Gasteiger charge is -2.58. The van der Waals surface area contributed by atoms with Crippen LogP contribution in [0.2, 0.25) is 0 Å². The van der Waals surface area contributed by atoms with Crippen LogP contribution in [0.1, 0.15) is 80.1 Å². The molecule has 3 aliphatic carbocycles. The summed E-state index contributed by atoms with van der Waals surface area (Å²) < 4.78 is 5.94. The number of ether oxygens (including phenoxy) is 1. The maximum atomic E-state index is 13.0. The number of rotatable bonds is 1. The summed E-state index contributed by atoms with van der Waals surface area (Å²) in [7, 11) is 0. The van der Waals surface area contributed by atoms with E-state index >= 15 is 0 Å². The van der Waals surface area contributed by atoms with Crippen molar-refractivity contribution < 1.29 is 14.3 Å². The standard InChI is InChI=1S/C20H30O3/c1-13(21)23-20-11-18(4,5)10-19(6,12-20)8-14-7-17(2,3)9-15(22)16(14)20/h7-12H2,1-6H3/t19-,20-/m1/s1. The number of hydrogen-bond acceptors (Lipinski definition) is 3. The summed E-state index contributed by atoms with van der Waals surface area (Å²) in [6.07, 6.45) is 5.17. The van der Waals surface area contributed by atoms with Crippen LogP contribution >= 0.6 is 0 Å². The van der Waals surface area contributed by atoms with Crippen LogP contribution in [-0.4, -0.2) is 17.4 Å². The van der Waals surface area contributed by atoms with Crippen molar-refractivity contribution in [1.29, 1.82) is 0 Å². The van der Waals surface area contributed by atoms with E-state index in [1.54, 1.807) is 0 Å². The second kappa shape index (κ2) is 4.70. The molecule has 3 heteroatoms. The molecule has 2 bridgehead atoms. The van der Waals surface area contributed by atoms with Gasteiger partial charge in [0.2, 0.25) is 0 Å². The summed E-state index contributed by atoms with van der Waals surface area (Å²) in [6.45, 7) is 12.6. The average molecular weight is 318 g/mol. The van der Waals surface area contributed by atoms with Crippen molar-refractivity contribution in [1.82, 2.24) is 0 Å². The van der Waals surface area contributed by atoms with Crippen LogP contribution in [0.3, 0.4) is 0 Å². The molecule has 0 aliphatic heterocycles. The van der Waals surface area contributed by atoms with Crippen molar-refractivity contribution in [3.05, 3.63) is 11.1 Å². The molecule has 0 spiro atoms. The van der Waals surface area contributed by atoms with Crippen molar-refractivity contribution in [2.24, 2.45) is 16.2 Å². The first-order valence-electron chi connectivity index (χ1n) is 8.81. The van der Waals surface area contributed by atoms with E-state index in [4.69, 9.17) is 4.74 Å². The third-order valence-electron chi connectivity index (χ3n) is 5.78. The highest BCUT2D eigenvalue weighted by atomic mass is 16.6. The monoisotopic (exact) mass is 318 g/mol. The quantitative estimate of drug-likeness (QED) is 0.664. The third-order valence-corrected chi connectivity index (χ3v) is 5.78. The summed E-state index contributed by atoms with van der Waals surface area (Å²) in [6, 6.07) is 0. The minimum Gasteiger partial charge on any atom is -0.454 e. The Morgan fingerprint density at radius 2 is 1.57 bits per heavy atom. The number of Topliss-reactive ketones (excluding diaryl/α,β-unsaturated/α-hetero) is 1. The topological polar surface area (TPSA) is 43.4 Å². The van der Waals surface area contributed by atoms with Crippen molar-refractivity contribution >= 4 is 11.8 Å². The molecule has 0 aromatic heterocycles. The van der Waals surface area contributed by atoms with Crippen molar-refractivity contribution in [2.75, 3.05) is 0 Å². The normalized spacial score (nSPS) is 38.1. The number of carbonyl (C=O) groups excluding carboxylic acids is 2. The number of ketones is 1. The van der Waals surface area contributed by atoms with Crippen LogP contribution in [0.4, 0.5) is 0 Å². The molecule has 1 saturated carbocycles. The summed E-state index contributed by atoms with van der Waals surface area (Å²) in [5.41, 5.74) is 1.64. The first kappa shape index (κ1) is 16.7. The predicted molar refractivity (Wildman–Crippen MR) is 89.9 cm³/mol. The van der Waals surface area contributed by atoms with Crippen LogP contribution in [-0.2, 0) is 14.3 Å². The van der Waals surface area contributed by atoms with Gasteiger partial charge in [-0.2, -0.15) is 0 Å². The van der Waals surface area contributed by atoms with Gasteiger partial charge in [-0.25, -0.2) is 0 Å². The van der Waals surface area contributed by atoms with Crippen molar-refractivity contribution in [3.63, 3.8) is 0 Å². The van der Waals surface area contributed by atoms with E-state index in [-0.39, 0.29) is 28.0 Å². The van der Waals surface area contributed by atoms with Gasteiger partial charge < -0.3 is 4.74 Å². The zero-order chi connectivity index (χ0) is 17.3. The highest BCUT2D eigenvalue weighted by Crippen LogP contribution is 2.62. The Balaban J connectivity index is 2.17. The van der Waals surface area contributed by atoms with E-state index in [1.807, 2.05) is 0 Å². The van der Waals surface area contributed by atoms with Gasteiger partial charge >= 0.3 is 5.97 Å². The molecule has 3 nitrogen and oxygen atoms in total. The first-order chi connectivity index (χ1) is 10.4. The molecular formula is C20H30O3. The van der Waals surface area contributed by atoms with Crippen molar-refractivity contribution in [2.45, 2.75) is 85.7 Å². The molecule has 0 N–H and O–H groups in total. The largest absolute Gasteiger partial charge is 0.454 e. The number of fused-ring (bicyclic) bond motifs is 3. The maximum absolute atomic E-state index is 13.0. The fourth-order valence-electron chi connectivity index (χ4n) is 6.20. The van der Waals surface area contributed by atoms with E-state index in [2.05, 4.69) is 34.6 Å². The molecule has 2 atom stereocenters. The molecule has 23 heavy (non-hydrogen) atoms. The van der Waals surface area contributed by atoms with Gasteiger partial charge in [-0.1, -0.05) is 40.2 Å². The van der Waals surface area contributed by atoms with Gasteiger partial charge in [0.15, 0.2) is 5.78 Å². The Morgan fingerprint density at radius 1 is 0.913 bits per heavy atom. The lowest BCUT2D eigenvalue weighted by atomic mass is 9.49. The Labute approximate surface area is 139 Å². The number of esters is 1. The highest BCUT2D eigenvalue weighted by Gasteiger charge is 2.59. The summed E-state index contributed by atoms with van der Waals surface area (Å²) in [5.74, 6) is -0.0614. The number of hydrogen-bond donors (Lipinski definition) is 0. The van der Waals surface area contributed by atoms with E-state index in [1.165, 1.54) is 12.5 Å². The van der Waals surface area contributed by atoms with Gasteiger partial charge in [-0.15, -0.1) is 0 Å². The van der Waals surface area contributed by atoms with Gasteiger partial charge in [0.25, 0.3) is 0 Å². The number of allylic oxidation sites excluding steroid dienone is 1.